The van der Waals surface area contributed by atoms with E-state index in [1.165, 1.54) is 4.90 Å². The van der Waals surface area contributed by atoms with Crippen molar-refractivity contribution in [3.8, 4) is 0 Å². The molecule has 1 saturated carbocycles. The van der Waals surface area contributed by atoms with Gasteiger partial charge in [-0.1, -0.05) is 6.07 Å². The topological polar surface area (TPSA) is 112 Å². The molecule has 4 N–H and O–H groups in total. The van der Waals surface area contributed by atoms with E-state index >= 15 is 0 Å². The van der Waals surface area contributed by atoms with Crippen LogP contribution in [-0.2, 0) is 9.59 Å². The number of nitrogens with two attached hydrogens (primary N) is 1. The van der Waals surface area contributed by atoms with Gasteiger partial charge in [-0.25, -0.2) is 0 Å². The van der Waals surface area contributed by atoms with E-state index in [9.17, 15) is 9.59 Å². The zero-order valence-corrected chi connectivity index (χ0v) is 13.2. The van der Waals surface area contributed by atoms with Crippen molar-refractivity contribution < 1.29 is 9.59 Å². The molecule has 1 saturated heterocycles. The number of pyridine rings is 1. The first-order valence-electron chi connectivity index (χ1n) is 7.68. The summed E-state index contributed by atoms with van der Waals surface area (Å²) in [5.41, 5.74) is 5.79. The second-order valence-electron chi connectivity index (χ2n) is 6.94. The van der Waals surface area contributed by atoms with Gasteiger partial charge in [0.15, 0.2) is 5.96 Å². The summed E-state index contributed by atoms with van der Waals surface area (Å²) in [5, 5.41) is 11.3. The van der Waals surface area contributed by atoms with Gasteiger partial charge in [0.05, 0.1) is 6.04 Å². The van der Waals surface area contributed by atoms with Crippen LogP contribution in [0.3, 0.4) is 0 Å². The Kier molecular flexibility index (Phi) is 3.58. The van der Waals surface area contributed by atoms with E-state index in [-0.39, 0.29) is 35.7 Å². The minimum absolute atomic E-state index is 0.0650. The Hall–Kier alpha value is -2.44. The molecular formula is C16H21N5O2. The lowest BCUT2D eigenvalue weighted by Gasteiger charge is -2.42. The van der Waals surface area contributed by atoms with Crippen molar-refractivity contribution in [3.05, 3.63) is 30.1 Å². The Bertz CT molecular complexity index is 638. The van der Waals surface area contributed by atoms with Gasteiger partial charge in [-0.05, 0) is 37.8 Å². The third-order valence-corrected chi connectivity index (χ3v) is 4.47. The number of hydrogen-bond acceptors (Lipinski definition) is 4. The molecular weight excluding hydrogens is 294 g/mol. The molecule has 2 fully saturated rings. The molecule has 0 bridgehead atoms. The molecule has 7 heteroatoms. The maximum absolute atomic E-state index is 12.7. The highest BCUT2D eigenvalue weighted by Gasteiger charge is 2.52. The molecule has 3 rings (SSSR count). The number of primary amides is 1. The first kappa shape index (κ1) is 15.5. The number of nitrogens with one attached hydrogen (secondary N) is 2. The summed E-state index contributed by atoms with van der Waals surface area (Å²) in [6, 6.07) is 3.28. The Morgan fingerprint density at radius 3 is 2.83 bits per heavy atom. The summed E-state index contributed by atoms with van der Waals surface area (Å²) in [5.74, 6) is -0.731. The van der Waals surface area contributed by atoms with Gasteiger partial charge in [-0.15, -0.1) is 0 Å². The molecule has 1 aromatic heterocycles. The van der Waals surface area contributed by atoms with Gasteiger partial charge < -0.3 is 11.1 Å². The normalized spacial score (nSPS) is 27.3. The van der Waals surface area contributed by atoms with Crippen LogP contribution in [0.25, 0.3) is 0 Å². The van der Waals surface area contributed by atoms with Gasteiger partial charge in [-0.3, -0.25) is 24.9 Å². The Morgan fingerprint density at radius 2 is 2.30 bits per heavy atom. The summed E-state index contributed by atoms with van der Waals surface area (Å²) in [6.45, 7) is 3.78. The van der Waals surface area contributed by atoms with E-state index in [0.717, 1.165) is 5.56 Å². The molecule has 0 radical (unpaired) electrons. The third-order valence-electron chi connectivity index (χ3n) is 4.47. The van der Waals surface area contributed by atoms with Gasteiger partial charge in [-0.2, -0.15) is 0 Å². The minimum Gasteiger partial charge on any atom is -0.369 e. The largest absolute Gasteiger partial charge is 0.369 e. The van der Waals surface area contributed by atoms with Crippen LogP contribution in [0.4, 0.5) is 0 Å². The van der Waals surface area contributed by atoms with Crippen molar-refractivity contribution >= 4 is 17.8 Å². The van der Waals surface area contributed by atoms with E-state index in [2.05, 4.69) is 10.3 Å². The maximum Gasteiger partial charge on any atom is 0.232 e. The van der Waals surface area contributed by atoms with Crippen LogP contribution in [0.1, 0.15) is 38.3 Å². The number of carbonyl (C=O) groups is 2. The lowest BCUT2D eigenvalue weighted by atomic mass is 9.93. The fourth-order valence-corrected chi connectivity index (χ4v) is 3.34. The number of carbonyl (C=O) groups excluding carboxylic acids is 2. The predicted octanol–water partition coefficient (Wildman–Crippen LogP) is 0.779. The smallest absolute Gasteiger partial charge is 0.232 e. The van der Waals surface area contributed by atoms with Crippen LogP contribution in [0.2, 0.25) is 0 Å². The molecule has 2 aliphatic rings. The predicted molar refractivity (Wildman–Crippen MR) is 84.2 cm³/mol. The summed E-state index contributed by atoms with van der Waals surface area (Å²) >= 11 is 0. The molecule has 0 unspecified atom stereocenters. The van der Waals surface area contributed by atoms with Gasteiger partial charge >= 0.3 is 0 Å². The Balaban J connectivity index is 1.95. The summed E-state index contributed by atoms with van der Waals surface area (Å²) < 4.78 is 0. The molecule has 23 heavy (non-hydrogen) atoms. The number of aromatic nitrogens is 1. The van der Waals surface area contributed by atoms with Crippen molar-refractivity contribution in [2.75, 3.05) is 0 Å². The van der Waals surface area contributed by atoms with E-state index in [1.807, 2.05) is 19.9 Å². The zero-order valence-electron chi connectivity index (χ0n) is 13.2. The van der Waals surface area contributed by atoms with Crippen LogP contribution in [0, 0.1) is 17.2 Å². The molecule has 7 nitrogen and oxygen atoms in total. The van der Waals surface area contributed by atoms with Crippen molar-refractivity contribution in [2.24, 2.45) is 17.6 Å². The van der Waals surface area contributed by atoms with Gasteiger partial charge in [0.1, 0.15) is 0 Å². The summed E-state index contributed by atoms with van der Waals surface area (Å²) in [7, 11) is 0. The van der Waals surface area contributed by atoms with Crippen molar-refractivity contribution in [3.63, 3.8) is 0 Å². The average molecular weight is 315 g/mol. The van der Waals surface area contributed by atoms with Crippen molar-refractivity contribution in [1.29, 1.82) is 5.41 Å². The van der Waals surface area contributed by atoms with Crippen LogP contribution >= 0.6 is 0 Å². The van der Waals surface area contributed by atoms with Crippen LogP contribution < -0.4 is 11.1 Å². The minimum atomic E-state index is -0.448. The Labute approximate surface area is 134 Å². The fraction of sp³-hybridized carbons (Fsp3) is 0.500. The number of nitrogens with zero attached hydrogens (tertiary/aromatic N) is 2. The standard InChI is InChI=1S/C16H21N5O2/c1-16(2)7-12(22)21(15(18)20-16)13(9-4-3-5-19-8-9)10-6-11(10)14(17)23/h3-5,8,10-11,13H,6-7H2,1-2H3,(H2,17,23)(H2,18,20)/t10-,11-,13-/m1/s1. The summed E-state index contributed by atoms with van der Waals surface area (Å²) in [4.78, 5) is 29.7. The number of amides is 2. The number of rotatable bonds is 4. The second-order valence-corrected chi connectivity index (χ2v) is 6.94. The van der Waals surface area contributed by atoms with Gasteiger partial charge in [0.2, 0.25) is 11.8 Å². The fourth-order valence-electron chi connectivity index (χ4n) is 3.34. The molecule has 0 spiro atoms. The number of hydrogen-bond donors (Lipinski definition) is 3. The second kappa shape index (κ2) is 5.33. The lowest BCUT2D eigenvalue weighted by molar-refractivity contribution is -0.133. The van der Waals surface area contributed by atoms with Crippen molar-refractivity contribution in [1.82, 2.24) is 15.2 Å². The third kappa shape index (κ3) is 2.91. The molecule has 1 aliphatic heterocycles. The Morgan fingerprint density at radius 1 is 1.57 bits per heavy atom. The highest BCUT2D eigenvalue weighted by Crippen LogP contribution is 2.50. The van der Waals surface area contributed by atoms with Gasteiger partial charge in [0.25, 0.3) is 0 Å². The molecule has 1 aromatic rings. The van der Waals surface area contributed by atoms with Crippen molar-refractivity contribution in [2.45, 2.75) is 38.3 Å². The zero-order chi connectivity index (χ0) is 16.8. The SMILES string of the molecule is CC1(C)CC(=O)N([C@H](c2cccnc2)[C@@H]2C[C@H]2C(N)=O)C(=N)N1. The first-order chi connectivity index (χ1) is 10.8. The molecule has 1 aliphatic carbocycles. The van der Waals surface area contributed by atoms with Crippen LogP contribution in [0.5, 0.6) is 0 Å². The molecule has 2 amide bonds. The van der Waals surface area contributed by atoms with E-state index < -0.39 is 5.54 Å². The lowest BCUT2D eigenvalue weighted by Crippen LogP contribution is -2.60. The summed E-state index contributed by atoms with van der Waals surface area (Å²) in [6.07, 6.45) is 4.26. The molecule has 0 aromatic carbocycles. The maximum atomic E-state index is 12.7. The first-order valence-corrected chi connectivity index (χ1v) is 7.68. The quantitative estimate of drug-likeness (QED) is 0.762. The van der Waals surface area contributed by atoms with Crippen LogP contribution in [-0.4, -0.2) is 33.2 Å². The van der Waals surface area contributed by atoms with E-state index in [4.69, 9.17) is 11.1 Å². The highest BCUT2D eigenvalue weighted by atomic mass is 16.2. The monoisotopic (exact) mass is 315 g/mol. The molecule has 2 heterocycles. The number of guanidine groups is 1. The van der Waals surface area contributed by atoms with E-state index in [1.54, 1.807) is 18.5 Å². The van der Waals surface area contributed by atoms with Crippen LogP contribution in [0.15, 0.2) is 24.5 Å². The molecule has 122 valence electrons. The average Bonchev–Trinajstić information content (AvgIpc) is 3.23. The van der Waals surface area contributed by atoms with Gasteiger partial charge in [0, 0.05) is 30.3 Å². The molecule has 3 atom stereocenters. The van der Waals surface area contributed by atoms with E-state index in [0.29, 0.717) is 12.8 Å². The highest BCUT2D eigenvalue weighted by molar-refractivity contribution is 5.99.